The molecule has 2 heterocycles. The highest BCUT2D eigenvalue weighted by atomic mass is 19.1. The van der Waals surface area contributed by atoms with Crippen LogP contribution in [-0.2, 0) is 4.74 Å². The second-order valence-electron chi connectivity index (χ2n) is 9.04. The quantitative estimate of drug-likeness (QED) is 0.320. The molecule has 0 aromatic carbocycles. The van der Waals surface area contributed by atoms with Crippen LogP contribution in [0.3, 0.4) is 0 Å². The van der Waals surface area contributed by atoms with E-state index in [0.29, 0.717) is 18.9 Å². The molecular formula is C25H34FN5O3. The first-order chi connectivity index (χ1) is 16.0. The molecule has 0 bridgehead atoms. The Morgan fingerprint density at radius 1 is 1.06 bits per heavy atom. The van der Waals surface area contributed by atoms with Crippen LogP contribution >= 0.6 is 0 Å². The van der Waals surface area contributed by atoms with Gasteiger partial charge in [0.05, 0.1) is 11.3 Å². The molecule has 9 heteroatoms. The van der Waals surface area contributed by atoms with Crippen molar-refractivity contribution in [1.82, 2.24) is 15.3 Å². The number of alkyl carbamates (subject to hydrolysis) is 1. The minimum atomic E-state index is -0.682. The van der Waals surface area contributed by atoms with Crippen molar-refractivity contribution < 1.29 is 18.7 Å². The third kappa shape index (κ3) is 8.80. The van der Waals surface area contributed by atoms with Gasteiger partial charge in [0.25, 0.3) is 5.91 Å². The Morgan fingerprint density at radius 2 is 1.76 bits per heavy atom. The molecule has 3 N–H and O–H groups in total. The summed E-state index contributed by atoms with van der Waals surface area (Å²) < 4.78 is 18.9. The Bertz CT molecular complexity index is 1030. The lowest BCUT2D eigenvalue weighted by Crippen LogP contribution is -2.33. The molecule has 2 aromatic heterocycles. The van der Waals surface area contributed by atoms with E-state index < -0.39 is 23.5 Å². The van der Waals surface area contributed by atoms with Crippen LogP contribution in [0.5, 0.6) is 0 Å². The fraction of sp³-hybridized carbons (Fsp3) is 0.440. The maximum atomic E-state index is 13.7. The lowest BCUT2D eigenvalue weighted by molar-refractivity contribution is 0.0527. The van der Waals surface area contributed by atoms with Crippen LogP contribution in [0.25, 0.3) is 5.57 Å². The average molecular weight is 472 g/mol. The zero-order valence-electron chi connectivity index (χ0n) is 20.5. The summed E-state index contributed by atoms with van der Waals surface area (Å²) in [7, 11) is 0. The highest BCUT2D eigenvalue weighted by molar-refractivity contribution is 6.07. The number of unbranched alkanes of at least 4 members (excludes halogenated alkanes) is 2. The number of carbonyl (C=O) groups excluding carboxylic acids is 2. The van der Waals surface area contributed by atoms with Crippen molar-refractivity contribution in [3.8, 4) is 0 Å². The molecule has 0 fully saturated rings. The predicted molar refractivity (Wildman–Crippen MR) is 132 cm³/mol. The maximum absolute atomic E-state index is 13.7. The molecule has 34 heavy (non-hydrogen) atoms. The number of pyridine rings is 2. The summed E-state index contributed by atoms with van der Waals surface area (Å²) in [6, 6.07) is 6.09. The molecule has 0 aliphatic heterocycles. The smallest absolute Gasteiger partial charge is 0.407 e. The monoisotopic (exact) mass is 471 g/mol. The van der Waals surface area contributed by atoms with Crippen molar-refractivity contribution in [1.29, 1.82) is 0 Å². The first kappa shape index (κ1) is 26.8. The Labute approximate surface area is 200 Å². The summed E-state index contributed by atoms with van der Waals surface area (Å²) in [5.74, 6) is -0.586. The Hall–Kier alpha value is -3.49. The van der Waals surface area contributed by atoms with Crippen LogP contribution in [0.2, 0.25) is 0 Å². The van der Waals surface area contributed by atoms with Crippen LogP contribution in [0.4, 0.5) is 20.8 Å². The zero-order valence-corrected chi connectivity index (χ0v) is 20.5. The second kappa shape index (κ2) is 12.1. The van der Waals surface area contributed by atoms with E-state index in [9.17, 15) is 14.0 Å². The maximum Gasteiger partial charge on any atom is 0.407 e. The molecule has 2 amide bonds. The molecule has 2 aromatic rings. The van der Waals surface area contributed by atoms with Gasteiger partial charge in [0, 0.05) is 13.1 Å². The van der Waals surface area contributed by atoms with Gasteiger partial charge in [0.2, 0.25) is 5.95 Å². The Balaban J connectivity index is 1.88. The van der Waals surface area contributed by atoms with E-state index in [1.807, 2.05) is 40.7 Å². The summed E-state index contributed by atoms with van der Waals surface area (Å²) in [6.45, 7) is 14.1. The van der Waals surface area contributed by atoms with Crippen molar-refractivity contribution >= 4 is 29.2 Å². The van der Waals surface area contributed by atoms with Crippen LogP contribution < -0.4 is 16.0 Å². The molecule has 0 radical (unpaired) electrons. The summed E-state index contributed by atoms with van der Waals surface area (Å²) in [5.41, 5.74) is 2.15. The molecule has 184 valence electrons. The number of halogens is 1. The lowest BCUT2D eigenvalue weighted by atomic mass is 10.1. The largest absolute Gasteiger partial charge is 0.444 e. The SMILES string of the molecule is C=C(C)c1nc(NC(=O)c2ccc(F)nc2NCCCCCNC(=O)OC(C)(C)C)ccc1C. The molecule has 0 aliphatic rings. The number of nitrogens with zero attached hydrogens (tertiary/aromatic N) is 2. The number of hydrogen-bond donors (Lipinski definition) is 3. The normalized spacial score (nSPS) is 11.0. The van der Waals surface area contributed by atoms with Gasteiger partial charge in [-0.2, -0.15) is 4.39 Å². The third-order valence-corrected chi connectivity index (χ3v) is 4.66. The van der Waals surface area contributed by atoms with Gasteiger partial charge in [-0.05, 0) is 83.2 Å². The lowest BCUT2D eigenvalue weighted by Gasteiger charge is -2.19. The van der Waals surface area contributed by atoms with Gasteiger partial charge in [-0.25, -0.2) is 14.8 Å². The van der Waals surface area contributed by atoms with Crippen molar-refractivity contribution in [2.45, 2.75) is 59.5 Å². The highest BCUT2D eigenvalue weighted by Gasteiger charge is 2.16. The van der Waals surface area contributed by atoms with Crippen molar-refractivity contribution in [3.63, 3.8) is 0 Å². The van der Waals surface area contributed by atoms with Gasteiger partial charge in [0.15, 0.2) is 0 Å². The number of amides is 2. The van der Waals surface area contributed by atoms with Crippen molar-refractivity contribution in [2.75, 3.05) is 23.7 Å². The van der Waals surface area contributed by atoms with E-state index in [0.717, 1.165) is 42.2 Å². The summed E-state index contributed by atoms with van der Waals surface area (Å²) >= 11 is 0. The standard InChI is InChI=1S/C25H34FN5O3/c1-16(2)21-17(3)10-13-20(30-21)31-23(32)18-11-12-19(26)29-22(18)27-14-8-7-9-15-28-24(33)34-25(4,5)6/h10-13H,1,7-9,14-15H2,2-6H3,(H,27,29)(H,28,33)(H,30,31,32). The summed E-state index contributed by atoms with van der Waals surface area (Å²) in [6.07, 6.45) is 1.88. The number of nitrogens with one attached hydrogen (secondary N) is 3. The van der Waals surface area contributed by atoms with Crippen LogP contribution in [0.15, 0.2) is 30.8 Å². The van der Waals surface area contributed by atoms with E-state index in [1.165, 1.54) is 6.07 Å². The van der Waals surface area contributed by atoms with E-state index in [1.54, 1.807) is 6.07 Å². The molecule has 0 atom stereocenters. The molecule has 0 saturated heterocycles. The van der Waals surface area contributed by atoms with Gasteiger partial charge < -0.3 is 20.7 Å². The van der Waals surface area contributed by atoms with E-state index in [4.69, 9.17) is 4.74 Å². The molecule has 0 unspecified atom stereocenters. The number of carbonyl (C=O) groups is 2. The highest BCUT2D eigenvalue weighted by Crippen LogP contribution is 2.19. The fourth-order valence-corrected chi connectivity index (χ4v) is 3.11. The van der Waals surface area contributed by atoms with E-state index in [-0.39, 0.29) is 11.4 Å². The van der Waals surface area contributed by atoms with Gasteiger partial charge in [0.1, 0.15) is 17.2 Å². The second-order valence-corrected chi connectivity index (χ2v) is 9.04. The first-order valence-electron chi connectivity index (χ1n) is 11.3. The number of aromatic nitrogens is 2. The number of rotatable bonds is 10. The summed E-state index contributed by atoms with van der Waals surface area (Å²) in [4.78, 5) is 32.7. The topological polar surface area (TPSA) is 105 Å². The Morgan fingerprint density at radius 3 is 2.44 bits per heavy atom. The summed E-state index contributed by atoms with van der Waals surface area (Å²) in [5, 5.41) is 8.48. The molecule has 8 nitrogen and oxygen atoms in total. The molecular weight excluding hydrogens is 437 g/mol. The van der Waals surface area contributed by atoms with E-state index in [2.05, 4.69) is 32.5 Å². The van der Waals surface area contributed by atoms with Crippen LogP contribution in [-0.4, -0.2) is 40.7 Å². The number of aryl methyl sites for hydroxylation is 1. The van der Waals surface area contributed by atoms with Crippen molar-refractivity contribution in [3.05, 3.63) is 53.6 Å². The molecule has 2 rings (SSSR count). The van der Waals surface area contributed by atoms with Gasteiger partial charge in [-0.1, -0.05) is 12.6 Å². The third-order valence-electron chi connectivity index (χ3n) is 4.66. The van der Waals surface area contributed by atoms with Crippen molar-refractivity contribution in [2.24, 2.45) is 0 Å². The van der Waals surface area contributed by atoms with Gasteiger partial charge >= 0.3 is 6.09 Å². The minimum Gasteiger partial charge on any atom is -0.444 e. The number of allylic oxidation sites excluding steroid dienone is 1. The minimum absolute atomic E-state index is 0.164. The zero-order chi connectivity index (χ0) is 25.3. The first-order valence-corrected chi connectivity index (χ1v) is 11.3. The van der Waals surface area contributed by atoms with Gasteiger partial charge in [-0.15, -0.1) is 0 Å². The molecule has 0 aliphatic carbocycles. The predicted octanol–water partition coefficient (Wildman–Crippen LogP) is 5.32. The van der Waals surface area contributed by atoms with Gasteiger partial charge in [-0.3, -0.25) is 4.79 Å². The number of hydrogen-bond acceptors (Lipinski definition) is 6. The van der Waals surface area contributed by atoms with E-state index >= 15 is 0 Å². The number of ether oxygens (including phenoxy) is 1. The Kier molecular flexibility index (Phi) is 9.53. The fourth-order valence-electron chi connectivity index (χ4n) is 3.11. The number of anilines is 2. The van der Waals surface area contributed by atoms with Crippen LogP contribution in [0, 0.1) is 12.9 Å². The van der Waals surface area contributed by atoms with Crippen LogP contribution in [0.1, 0.15) is 68.6 Å². The average Bonchev–Trinajstić information content (AvgIpc) is 2.73. The molecule has 0 spiro atoms. The molecule has 0 saturated carbocycles.